The Balaban J connectivity index is 1.81. The minimum atomic E-state index is 0.419. The van der Waals surface area contributed by atoms with E-state index in [4.69, 9.17) is 4.98 Å². The number of likely N-dealkylation sites (tertiary alicyclic amines) is 1. The summed E-state index contributed by atoms with van der Waals surface area (Å²) >= 11 is 0. The van der Waals surface area contributed by atoms with Crippen LogP contribution in [0.4, 0.5) is 11.6 Å². The summed E-state index contributed by atoms with van der Waals surface area (Å²) in [6, 6.07) is 6.55. The number of anilines is 2. The minimum absolute atomic E-state index is 0.419. The zero-order chi connectivity index (χ0) is 16.4. The van der Waals surface area contributed by atoms with Crippen molar-refractivity contribution in [2.24, 2.45) is 0 Å². The lowest BCUT2D eigenvalue weighted by Crippen LogP contribution is -2.28. The van der Waals surface area contributed by atoms with Gasteiger partial charge in [-0.1, -0.05) is 6.07 Å². The molecule has 0 radical (unpaired) electrons. The average Bonchev–Trinajstić information content (AvgIpc) is 2.99. The molecule has 0 saturated carbocycles. The summed E-state index contributed by atoms with van der Waals surface area (Å²) in [5, 5.41) is 3.34. The Hall–Kier alpha value is -2.01. The number of aromatic nitrogens is 3. The second kappa shape index (κ2) is 6.62. The van der Waals surface area contributed by atoms with Gasteiger partial charge in [-0.05, 0) is 52.3 Å². The maximum absolute atomic E-state index is 4.76. The lowest BCUT2D eigenvalue weighted by atomic mass is 10.1. The second-order valence-electron chi connectivity index (χ2n) is 6.62. The van der Waals surface area contributed by atoms with Gasteiger partial charge in [0.2, 0.25) is 0 Å². The molecule has 122 valence electrons. The van der Waals surface area contributed by atoms with Gasteiger partial charge in [-0.3, -0.25) is 0 Å². The van der Waals surface area contributed by atoms with Crippen molar-refractivity contribution < 1.29 is 0 Å². The van der Waals surface area contributed by atoms with Crippen molar-refractivity contribution in [3.8, 4) is 0 Å². The van der Waals surface area contributed by atoms with Gasteiger partial charge in [-0.2, -0.15) is 0 Å². The van der Waals surface area contributed by atoms with E-state index in [9.17, 15) is 0 Å². The molecule has 0 spiro atoms. The Morgan fingerprint density at radius 3 is 2.78 bits per heavy atom. The molecule has 1 fully saturated rings. The van der Waals surface area contributed by atoms with Crippen LogP contribution in [0.1, 0.15) is 43.3 Å². The van der Waals surface area contributed by atoms with Crippen LogP contribution in [0.5, 0.6) is 0 Å². The third-order valence-corrected chi connectivity index (χ3v) is 4.44. The molecule has 5 nitrogen and oxygen atoms in total. The van der Waals surface area contributed by atoms with Crippen LogP contribution in [-0.4, -0.2) is 39.0 Å². The van der Waals surface area contributed by atoms with E-state index in [2.05, 4.69) is 34.0 Å². The zero-order valence-corrected chi connectivity index (χ0v) is 14.4. The fraction of sp³-hybridized carbons (Fsp3) is 0.500. The molecule has 5 heteroatoms. The normalized spacial score (nSPS) is 18.6. The largest absolute Gasteiger partial charge is 0.325 e. The topological polar surface area (TPSA) is 53.9 Å². The summed E-state index contributed by atoms with van der Waals surface area (Å²) in [6.07, 6.45) is 2.92. The van der Waals surface area contributed by atoms with Gasteiger partial charge in [-0.15, -0.1) is 0 Å². The summed E-state index contributed by atoms with van der Waals surface area (Å²) in [7, 11) is 0. The van der Waals surface area contributed by atoms with E-state index >= 15 is 0 Å². The van der Waals surface area contributed by atoms with Crippen LogP contribution in [0, 0.1) is 13.8 Å². The van der Waals surface area contributed by atoms with Crippen LogP contribution >= 0.6 is 0 Å². The van der Waals surface area contributed by atoms with E-state index in [1.807, 2.05) is 32.0 Å². The first-order valence-corrected chi connectivity index (χ1v) is 8.31. The Morgan fingerprint density at radius 2 is 2.09 bits per heavy atom. The van der Waals surface area contributed by atoms with Crippen molar-refractivity contribution in [2.45, 2.75) is 46.1 Å². The fourth-order valence-electron chi connectivity index (χ4n) is 3.04. The number of nitrogens with one attached hydrogen (secondary N) is 1. The molecule has 0 aromatic carbocycles. The molecule has 0 aliphatic carbocycles. The molecule has 2 aromatic heterocycles. The summed E-state index contributed by atoms with van der Waals surface area (Å²) in [4.78, 5) is 16.3. The molecular weight excluding hydrogens is 286 g/mol. The number of rotatable bonds is 4. The highest BCUT2D eigenvalue weighted by molar-refractivity contribution is 5.55. The van der Waals surface area contributed by atoms with Gasteiger partial charge in [-0.25, -0.2) is 15.0 Å². The highest BCUT2D eigenvalue weighted by atomic mass is 15.2. The molecule has 1 aliphatic rings. The van der Waals surface area contributed by atoms with Gasteiger partial charge in [0.25, 0.3) is 0 Å². The molecule has 1 N–H and O–H groups in total. The summed E-state index contributed by atoms with van der Waals surface area (Å²) in [6.45, 7) is 10.7. The predicted molar refractivity (Wildman–Crippen MR) is 93.1 cm³/mol. The second-order valence-corrected chi connectivity index (χ2v) is 6.62. The maximum atomic E-state index is 4.76. The number of hydrogen-bond donors (Lipinski definition) is 1. The van der Waals surface area contributed by atoms with Gasteiger partial charge in [0.1, 0.15) is 17.5 Å². The summed E-state index contributed by atoms with van der Waals surface area (Å²) in [5.41, 5.74) is 2.10. The molecule has 1 aliphatic heterocycles. The van der Waals surface area contributed by atoms with Crippen LogP contribution in [0.3, 0.4) is 0 Å². The van der Waals surface area contributed by atoms with E-state index in [0.29, 0.717) is 12.0 Å². The fourth-order valence-corrected chi connectivity index (χ4v) is 3.04. The average molecular weight is 311 g/mol. The Labute approximate surface area is 138 Å². The first-order chi connectivity index (χ1) is 11.0. The van der Waals surface area contributed by atoms with E-state index in [0.717, 1.165) is 48.2 Å². The molecule has 0 unspecified atom stereocenters. The van der Waals surface area contributed by atoms with Crippen molar-refractivity contribution in [3.05, 3.63) is 41.5 Å². The molecule has 23 heavy (non-hydrogen) atoms. The van der Waals surface area contributed by atoms with Crippen molar-refractivity contribution in [1.82, 2.24) is 19.9 Å². The summed E-state index contributed by atoms with van der Waals surface area (Å²) < 4.78 is 0. The molecule has 2 aromatic rings. The van der Waals surface area contributed by atoms with Gasteiger partial charge in [0.05, 0.1) is 0 Å². The first kappa shape index (κ1) is 15.9. The van der Waals surface area contributed by atoms with Gasteiger partial charge in [0.15, 0.2) is 0 Å². The van der Waals surface area contributed by atoms with Crippen LogP contribution < -0.4 is 5.32 Å². The predicted octanol–water partition coefficient (Wildman–Crippen LogP) is 3.43. The molecule has 1 saturated heterocycles. The van der Waals surface area contributed by atoms with Crippen LogP contribution in [0.15, 0.2) is 24.4 Å². The first-order valence-electron chi connectivity index (χ1n) is 8.31. The molecular formula is C18H25N5. The maximum Gasteiger partial charge on any atom is 0.135 e. The van der Waals surface area contributed by atoms with E-state index < -0.39 is 0 Å². The highest BCUT2D eigenvalue weighted by Gasteiger charge is 2.27. The van der Waals surface area contributed by atoms with Gasteiger partial charge >= 0.3 is 0 Å². The number of nitrogens with zero attached hydrogens (tertiary/aromatic N) is 4. The SMILES string of the molecule is Cc1cc(Nc2ncccc2C)nc([C@H]2CCN(C(C)C)C2)n1. The highest BCUT2D eigenvalue weighted by Crippen LogP contribution is 2.27. The Bertz CT molecular complexity index is 683. The monoisotopic (exact) mass is 311 g/mol. The molecule has 0 amide bonds. The lowest BCUT2D eigenvalue weighted by Gasteiger charge is -2.20. The number of pyridine rings is 1. The van der Waals surface area contributed by atoms with E-state index in [1.165, 1.54) is 0 Å². The molecule has 3 heterocycles. The van der Waals surface area contributed by atoms with E-state index in [1.54, 1.807) is 6.20 Å². The zero-order valence-electron chi connectivity index (χ0n) is 14.4. The molecule has 3 rings (SSSR count). The Kier molecular flexibility index (Phi) is 4.57. The lowest BCUT2D eigenvalue weighted by molar-refractivity contribution is 0.272. The van der Waals surface area contributed by atoms with Crippen molar-refractivity contribution in [2.75, 3.05) is 18.4 Å². The summed E-state index contributed by atoms with van der Waals surface area (Å²) in [5.74, 6) is 3.05. The van der Waals surface area contributed by atoms with Crippen LogP contribution in [0.25, 0.3) is 0 Å². The minimum Gasteiger partial charge on any atom is -0.325 e. The molecule has 0 bridgehead atoms. The van der Waals surface area contributed by atoms with Crippen molar-refractivity contribution >= 4 is 11.6 Å². The molecule has 1 atom stereocenters. The van der Waals surface area contributed by atoms with Crippen LogP contribution in [-0.2, 0) is 0 Å². The quantitative estimate of drug-likeness (QED) is 0.937. The Morgan fingerprint density at radius 1 is 1.26 bits per heavy atom. The van der Waals surface area contributed by atoms with Crippen molar-refractivity contribution in [1.29, 1.82) is 0 Å². The number of hydrogen-bond acceptors (Lipinski definition) is 5. The standard InChI is InChI=1S/C18H25N5/c1-12(2)23-9-7-15(11-23)18-20-14(4)10-16(22-18)21-17-13(3)6-5-8-19-17/h5-6,8,10,12,15H,7,9,11H2,1-4H3,(H,19,20,21,22)/t15-/m0/s1. The number of aryl methyl sites for hydroxylation is 2. The van der Waals surface area contributed by atoms with Gasteiger partial charge in [0, 0.05) is 36.5 Å². The van der Waals surface area contributed by atoms with E-state index in [-0.39, 0.29) is 0 Å². The smallest absolute Gasteiger partial charge is 0.135 e. The van der Waals surface area contributed by atoms with Crippen LogP contribution in [0.2, 0.25) is 0 Å². The third kappa shape index (κ3) is 3.67. The van der Waals surface area contributed by atoms with Gasteiger partial charge < -0.3 is 10.2 Å². The third-order valence-electron chi connectivity index (χ3n) is 4.44. The van der Waals surface area contributed by atoms with Crippen molar-refractivity contribution in [3.63, 3.8) is 0 Å².